The van der Waals surface area contributed by atoms with E-state index in [2.05, 4.69) is 22.9 Å². The molecule has 5 saturated carbocycles. The molecule has 6 rings (SSSR count). The van der Waals surface area contributed by atoms with Gasteiger partial charge >= 0.3 is 6.03 Å². The molecule has 0 unspecified atom stereocenters. The van der Waals surface area contributed by atoms with Crippen molar-refractivity contribution in [3.63, 3.8) is 0 Å². The first-order valence-corrected chi connectivity index (χ1v) is 12.9. The lowest BCUT2D eigenvalue weighted by Crippen LogP contribution is -2.62. The van der Waals surface area contributed by atoms with Gasteiger partial charge in [-0.1, -0.05) is 13.3 Å². The van der Waals surface area contributed by atoms with Gasteiger partial charge in [-0.25, -0.2) is 4.79 Å². The molecular weight excluding hydrogens is 400 g/mol. The largest absolute Gasteiger partial charge is 0.353 e. The first-order chi connectivity index (χ1) is 15.4. The number of rotatable bonds is 9. The molecule has 5 aliphatic carbocycles. The third kappa shape index (κ3) is 4.55. The second-order valence-corrected chi connectivity index (χ2v) is 11.3. The lowest BCUT2D eigenvalue weighted by Gasteiger charge is -2.57. The molecule has 0 aliphatic heterocycles. The number of unbranched alkanes of at least 4 members (excludes halogenated alkanes) is 1. The van der Waals surface area contributed by atoms with Crippen LogP contribution in [0.2, 0.25) is 0 Å². The summed E-state index contributed by atoms with van der Waals surface area (Å²) < 4.78 is 2.08. The van der Waals surface area contributed by atoms with Crippen LogP contribution in [0.3, 0.4) is 0 Å². The highest BCUT2D eigenvalue weighted by atomic mass is 16.2. The van der Waals surface area contributed by atoms with Crippen LogP contribution >= 0.6 is 0 Å². The van der Waals surface area contributed by atoms with E-state index < -0.39 is 0 Å². The minimum absolute atomic E-state index is 0.0108. The highest BCUT2D eigenvalue weighted by molar-refractivity contribution is 5.84. The first-order valence-electron chi connectivity index (χ1n) is 12.9. The number of amides is 3. The molecule has 0 saturated heterocycles. The van der Waals surface area contributed by atoms with Crippen LogP contribution in [-0.2, 0) is 18.4 Å². The summed E-state index contributed by atoms with van der Waals surface area (Å²) in [5.41, 5.74) is 1.13. The number of nitrogens with one attached hydrogen (secondary N) is 1. The van der Waals surface area contributed by atoms with Gasteiger partial charge in [0.1, 0.15) is 6.54 Å². The Hall–Kier alpha value is -1.98. The van der Waals surface area contributed by atoms with Crippen molar-refractivity contribution in [2.45, 2.75) is 89.3 Å². The molecule has 176 valence electrons. The fourth-order valence-electron chi connectivity index (χ4n) is 7.07. The van der Waals surface area contributed by atoms with E-state index in [9.17, 15) is 9.59 Å². The van der Waals surface area contributed by atoms with Crippen molar-refractivity contribution in [3.8, 4) is 0 Å². The number of nitrogens with zero attached hydrogens (tertiary/aromatic N) is 3. The number of aryl methyl sites for hydroxylation is 1. The lowest BCUT2D eigenvalue weighted by atomic mass is 9.53. The van der Waals surface area contributed by atoms with Crippen LogP contribution in [-0.4, -0.2) is 51.0 Å². The summed E-state index contributed by atoms with van der Waals surface area (Å²) in [6.45, 7) is 3.62. The second kappa shape index (κ2) is 8.75. The molecule has 0 spiro atoms. The van der Waals surface area contributed by atoms with Crippen LogP contribution in [0.15, 0.2) is 18.3 Å². The molecule has 6 nitrogen and oxygen atoms in total. The molecule has 0 aromatic carbocycles. The van der Waals surface area contributed by atoms with E-state index in [1.807, 2.05) is 29.1 Å². The molecule has 1 heterocycles. The molecule has 0 radical (unpaired) electrons. The summed E-state index contributed by atoms with van der Waals surface area (Å²) in [5, 5.41) is 3.49. The third-order valence-electron chi connectivity index (χ3n) is 8.50. The van der Waals surface area contributed by atoms with E-state index in [1.165, 1.54) is 19.3 Å². The predicted octanol–water partition coefficient (Wildman–Crippen LogP) is 4.30. The molecule has 6 heteroatoms. The Bertz CT molecular complexity index is 807. The summed E-state index contributed by atoms with van der Waals surface area (Å²) in [6.07, 6.45) is 13.6. The fourth-order valence-corrected chi connectivity index (χ4v) is 7.07. The Balaban J connectivity index is 1.26. The normalized spacial score (nSPS) is 30.4. The maximum Gasteiger partial charge on any atom is 0.318 e. The molecule has 5 aliphatic rings. The molecule has 4 bridgehead atoms. The number of hydrogen-bond donors (Lipinski definition) is 1. The SMILES string of the molecule is CCCCN(CC(=O)N(Cc1cccn1C)C1CC1)C(=O)NC12CC3CC(CC(C3)C1)C2. The standard InChI is InChI=1S/C26H40N4O2/c1-3-4-10-29(18-24(31)30(22-7-8-22)17-23-6-5-9-28(23)2)25(32)27-26-14-19-11-20(15-26)13-21(12-19)16-26/h5-6,9,19-22H,3-4,7-8,10-18H2,1-2H3,(H,27,32). The van der Waals surface area contributed by atoms with E-state index in [0.29, 0.717) is 19.1 Å². The maximum atomic E-state index is 13.5. The van der Waals surface area contributed by atoms with Crippen molar-refractivity contribution in [1.82, 2.24) is 19.7 Å². The van der Waals surface area contributed by atoms with Gasteiger partial charge < -0.3 is 19.7 Å². The van der Waals surface area contributed by atoms with E-state index >= 15 is 0 Å². The second-order valence-electron chi connectivity index (χ2n) is 11.3. The van der Waals surface area contributed by atoms with E-state index in [1.54, 1.807) is 0 Å². The fraction of sp³-hybridized carbons (Fsp3) is 0.769. The number of urea groups is 1. The third-order valence-corrected chi connectivity index (χ3v) is 8.50. The molecule has 1 aromatic rings. The van der Waals surface area contributed by atoms with Crippen LogP contribution < -0.4 is 5.32 Å². The quantitative estimate of drug-likeness (QED) is 0.623. The van der Waals surface area contributed by atoms with Crippen molar-refractivity contribution in [3.05, 3.63) is 24.0 Å². The summed E-state index contributed by atoms with van der Waals surface area (Å²) in [7, 11) is 2.03. The molecular formula is C26H40N4O2. The number of carbonyl (C=O) groups excluding carboxylic acids is 2. The predicted molar refractivity (Wildman–Crippen MR) is 125 cm³/mol. The van der Waals surface area contributed by atoms with Crippen LogP contribution in [0.1, 0.15) is 76.8 Å². The van der Waals surface area contributed by atoms with Gasteiger partial charge in [0.15, 0.2) is 0 Å². The van der Waals surface area contributed by atoms with Crippen molar-refractivity contribution in [2.75, 3.05) is 13.1 Å². The number of hydrogen-bond acceptors (Lipinski definition) is 2. The minimum Gasteiger partial charge on any atom is -0.353 e. The molecule has 3 amide bonds. The monoisotopic (exact) mass is 440 g/mol. The van der Waals surface area contributed by atoms with Gasteiger partial charge in [0.2, 0.25) is 5.91 Å². The van der Waals surface area contributed by atoms with Gasteiger partial charge in [-0.3, -0.25) is 4.79 Å². The van der Waals surface area contributed by atoms with Gasteiger partial charge in [-0.05, 0) is 87.7 Å². The van der Waals surface area contributed by atoms with Crippen molar-refractivity contribution in [1.29, 1.82) is 0 Å². The zero-order chi connectivity index (χ0) is 22.3. The van der Waals surface area contributed by atoms with Gasteiger partial charge in [0.05, 0.1) is 6.54 Å². The van der Waals surface area contributed by atoms with Crippen LogP contribution in [0.25, 0.3) is 0 Å². The van der Waals surface area contributed by atoms with E-state index in [4.69, 9.17) is 0 Å². The van der Waals surface area contributed by atoms with Gasteiger partial charge in [-0.2, -0.15) is 0 Å². The van der Waals surface area contributed by atoms with Crippen molar-refractivity contribution < 1.29 is 9.59 Å². The Kier molecular flexibility index (Phi) is 5.98. The number of aromatic nitrogens is 1. The molecule has 32 heavy (non-hydrogen) atoms. The zero-order valence-corrected chi connectivity index (χ0v) is 19.9. The number of carbonyl (C=O) groups is 2. The van der Waals surface area contributed by atoms with Crippen molar-refractivity contribution in [2.24, 2.45) is 24.8 Å². The maximum absolute atomic E-state index is 13.5. The first kappa shape index (κ1) is 21.8. The highest BCUT2D eigenvalue weighted by Gasteiger charge is 2.52. The lowest BCUT2D eigenvalue weighted by molar-refractivity contribution is -0.133. The summed E-state index contributed by atoms with van der Waals surface area (Å²) in [6, 6.07) is 4.43. The molecule has 1 aromatic heterocycles. The Morgan fingerprint density at radius 2 is 1.78 bits per heavy atom. The van der Waals surface area contributed by atoms with Gasteiger partial charge in [0, 0.05) is 37.1 Å². The van der Waals surface area contributed by atoms with Crippen LogP contribution in [0, 0.1) is 17.8 Å². The summed E-state index contributed by atoms with van der Waals surface area (Å²) >= 11 is 0. The molecule has 5 fully saturated rings. The van der Waals surface area contributed by atoms with Crippen LogP contribution in [0.5, 0.6) is 0 Å². The smallest absolute Gasteiger partial charge is 0.318 e. The Morgan fingerprint density at radius 3 is 2.31 bits per heavy atom. The minimum atomic E-state index is -0.0153. The average Bonchev–Trinajstić information content (AvgIpc) is 3.49. The van der Waals surface area contributed by atoms with E-state index in [0.717, 1.165) is 68.4 Å². The van der Waals surface area contributed by atoms with Gasteiger partial charge in [0.25, 0.3) is 0 Å². The summed E-state index contributed by atoms with van der Waals surface area (Å²) in [4.78, 5) is 30.7. The van der Waals surface area contributed by atoms with Crippen molar-refractivity contribution >= 4 is 11.9 Å². The van der Waals surface area contributed by atoms with Gasteiger partial charge in [-0.15, -0.1) is 0 Å². The average molecular weight is 441 g/mol. The Labute approximate surface area is 192 Å². The molecule has 0 atom stereocenters. The topological polar surface area (TPSA) is 57.6 Å². The Morgan fingerprint density at radius 1 is 1.12 bits per heavy atom. The van der Waals surface area contributed by atoms with Crippen LogP contribution in [0.4, 0.5) is 4.79 Å². The van der Waals surface area contributed by atoms with E-state index in [-0.39, 0.29) is 24.0 Å². The summed E-state index contributed by atoms with van der Waals surface area (Å²) in [5.74, 6) is 2.47. The molecule has 1 N–H and O–H groups in total. The highest BCUT2D eigenvalue weighted by Crippen LogP contribution is 2.55. The zero-order valence-electron chi connectivity index (χ0n) is 19.9.